The molecule has 1 unspecified atom stereocenters. The molecule has 1 atom stereocenters. The summed E-state index contributed by atoms with van der Waals surface area (Å²) in [7, 11) is 0. The number of amides is 2. The average molecular weight is 397 g/mol. The molecule has 26 heavy (non-hydrogen) atoms. The van der Waals surface area contributed by atoms with E-state index in [1.807, 2.05) is 12.1 Å². The zero-order valence-electron chi connectivity index (χ0n) is 14.1. The number of aromatic nitrogens is 1. The van der Waals surface area contributed by atoms with Crippen LogP contribution in [0.5, 0.6) is 0 Å². The summed E-state index contributed by atoms with van der Waals surface area (Å²) in [5, 5.41) is 8.93. The van der Waals surface area contributed by atoms with Crippen molar-refractivity contribution in [2.75, 3.05) is 18.4 Å². The SMILES string of the molecule is Cl.Cl.O=C(Nc1ccncc1)c1ccc(CNC(=O)C2CCNC2)cc1. The smallest absolute Gasteiger partial charge is 0.255 e. The van der Waals surface area contributed by atoms with Crippen LogP contribution in [0.25, 0.3) is 0 Å². The highest BCUT2D eigenvalue weighted by atomic mass is 35.5. The Morgan fingerprint density at radius 2 is 1.77 bits per heavy atom. The Bertz CT molecular complexity index is 705. The van der Waals surface area contributed by atoms with E-state index in [9.17, 15) is 9.59 Å². The fourth-order valence-electron chi connectivity index (χ4n) is 2.62. The number of nitrogens with one attached hydrogen (secondary N) is 3. The third-order valence-corrected chi connectivity index (χ3v) is 4.05. The van der Waals surface area contributed by atoms with Crippen LogP contribution in [0, 0.1) is 5.92 Å². The van der Waals surface area contributed by atoms with E-state index in [-0.39, 0.29) is 42.5 Å². The third-order valence-electron chi connectivity index (χ3n) is 4.05. The molecule has 1 aromatic heterocycles. The number of pyridine rings is 1. The first-order valence-electron chi connectivity index (χ1n) is 8.01. The molecule has 1 fully saturated rings. The van der Waals surface area contributed by atoms with Gasteiger partial charge in [0.15, 0.2) is 0 Å². The first kappa shape index (κ1) is 21.9. The molecule has 3 rings (SSSR count). The van der Waals surface area contributed by atoms with Crippen LogP contribution in [0.1, 0.15) is 22.3 Å². The number of benzene rings is 1. The fraction of sp³-hybridized carbons (Fsp3) is 0.278. The van der Waals surface area contributed by atoms with Gasteiger partial charge < -0.3 is 16.0 Å². The lowest BCUT2D eigenvalue weighted by Gasteiger charge is -2.10. The lowest BCUT2D eigenvalue weighted by atomic mass is 10.1. The topological polar surface area (TPSA) is 83.1 Å². The molecule has 2 amide bonds. The Morgan fingerprint density at radius 1 is 1.08 bits per heavy atom. The molecule has 0 radical (unpaired) electrons. The molecule has 1 aliphatic rings. The van der Waals surface area contributed by atoms with Crippen LogP contribution >= 0.6 is 24.8 Å². The van der Waals surface area contributed by atoms with Gasteiger partial charge in [0.2, 0.25) is 5.91 Å². The van der Waals surface area contributed by atoms with Gasteiger partial charge in [-0.15, -0.1) is 24.8 Å². The van der Waals surface area contributed by atoms with Crippen LogP contribution in [0.4, 0.5) is 5.69 Å². The number of anilines is 1. The normalized spacial score (nSPS) is 15.3. The summed E-state index contributed by atoms with van der Waals surface area (Å²) in [6.45, 7) is 2.13. The highest BCUT2D eigenvalue weighted by Crippen LogP contribution is 2.10. The van der Waals surface area contributed by atoms with Crippen LogP contribution < -0.4 is 16.0 Å². The zero-order chi connectivity index (χ0) is 16.8. The van der Waals surface area contributed by atoms with Gasteiger partial charge in [0.25, 0.3) is 5.91 Å². The summed E-state index contributed by atoms with van der Waals surface area (Å²) in [4.78, 5) is 28.0. The van der Waals surface area contributed by atoms with Crippen LogP contribution in [0.2, 0.25) is 0 Å². The molecular formula is C18H22Cl2N4O2. The molecule has 2 aromatic rings. The van der Waals surface area contributed by atoms with Crippen molar-refractivity contribution in [1.29, 1.82) is 0 Å². The highest BCUT2D eigenvalue weighted by Gasteiger charge is 2.21. The number of hydrogen-bond acceptors (Lipinski definition) is 4. The van der Waals surface area contributed by atoms with Gasteiger partial charge in [0.05, 0.1) is 5.92 Å². The molecule has 6 nitrogen and oxygen atoms in total. The molecule has 0 bridgehead atoms. The number of rotatable bonds is 5. The summed E-state index contributed by atoms with van der Waals surface area (Å²) in [6, 6.07) is 10.7. The molecule has 2 heterocycles. The number of carbonyl (C=O) groups excluding carboxylic acids is 2. The lowest BCUT2D eigenvalue weighted by Crippen LogP contribution is -2.31. The van der Waals surface area contributed by atoms with E-state index in [0.29, 0.717) is 17.8 Å². The molecule has 3 N–H and O–H groups in total. The van der Waals surface area contributed by atoms with Crippen molar-refractivity contribution in [3.05, 3.63) is 59.9 Å². The van der Waals surface area contributed by atoms with E-state index in [4.69, 9.17) is 0 Å². The Kier molecular flexibility index (Phi) is 9.05. The van der Waals surface area contributed by atoms with Crippen LogP contribution in [-0.2, 0) is 11.3 Å². The number of hydrogen-bond donors (Lipinski definition) is 3. The molecule has 0 aliphatic carbocycles. The zero-order valence-corrected chi connectivity index (χ0v) is 15.7. The van der Waals surface area contributed by atoms with Gasteiger partial charge in [-0.3, -0.25) is 14.6 Å². The van der Waals surface area contributed by atoms with Gasteiger partial charge in [-0.05, 0) is 42.8 Å². The molecule has 0 saturated carbocycles. The Labute approximate surface area is 165 Å². The largest absolute Gasteiger partial charge is 0.352 e. The van der Waals surface area contributed by atoms with Crippen LogP contribution in [-0.4, -0.2) is 29.9 Å². The van der Waals surface area contributed by atoms with Gasteiger partial charge in [0, 0.05) is 36.7 Å². The quantitative estimate of drug-likeness (QED) is 0.724. The summed E-state index contributed by atoms with van der Waals surface area (Å²) in [5.74, 6) is -0.0243. The van der Waals surface area contributed by atoms with E-state index < -0.39 is 0 Å². The maximum Gasteiger partial charge on any atom is 0.255 e. The first-order valence-corrected chi connectivity index (χ1v) is 8.01. The molecular weight excluding hydrogens is 375 g/mol. The van der Waals surface area contributed by atoms with Crippen molar-refractivity contribution in [1.82, 2.24) is 15.6 Å². The van der Waals surface area contributed by atoms with Gasteiger partial charge >= 0.3 is 0 Å². The van der Waals surface area contributed by atoms with Crippen molar-refractivity contribution >= 4 is 42.3 Å². The van der Waals surface area contributed by atoms with E-state index in [1.54, 1.807) is 36.7 Å². The number of nitrogens with zero attached hydrogens (tertiary/aromatic N) is 1. The molecule has 1 aromatic carbocycles. The minimum atomic E-state index is -0.172. The van der Waals surface area contributed by atoms with Crippen molar-refractivity contribution in [2.45, 2.75) is 13.0 Å². The highest BCUT2D eigenvalue weighted by molar-refractivity contribution is 6.04. The van der Waals surface area contributed by atoms with Crippen molar-refractivity contribution in [3.8, 4) is 0 Å². The second-order valence-electron chi connectivity index (χ2n) is 5.79. The maximum atomic E-state index is 12.2. The van der Waals surface area contributed by atoms with E-state index in [0.717, 1.165) is 25.1 Å². The average Bonchev–Trinajstić information content (AvgIpc) is 3.16. The van der Waals surface area contributed by atoms with Crippen molar-refractivity contribution in [3.63, 3.8) is 0 Å². The van der Waals surface area contributed by atoms with Crippen LogP contribution in [0.15, 0.2) is 48.8 Å². The van der Waals surface area contributed by atoms with Gasteiger partial charge in [-0.2, -0.15) is 0 Å². The number of halogens is 2. The Morgan fingerprint density at radius 3 is 2.38 bits per heavy atom. The Hall–Kier alpha value is -2.15. The van der Waals surface area contributed by atoms with Crippen molar-refractivity contribution < 1.29 is 9.59 Å². The second kappa shape index (κ2) is 10.8. The van der Waals surface area contributed by atoms with E-state index >= 15 is 0 Å². The predicted molar refractivity (Wildman–Crippen MR) is 106 cm³/mol. The lowest BCUT2D eigenvalue weighted by molar-refractivity contribution is -0.124. The number of carbonyl (C=O) groups is 2. The van der Waals surface area contributed by atoms with Gasteiger partial charge in [0.1, 0.15) is 0 Å². The summed E-state index contributed by atoms with van der Waals surface area (Å²) in [6.07, 6.45) is 4.14. The predicted octanol–water partition coefficient (Wildman–Crippen LogP) is 2.40. The standard InChI is InChI=1S/C18H20N4O2.2ClH/c23-17(15-5-8-20-12-15)21-11-13-1-3-14(4-2-13)18(24)22-16-6-9-19-10-7-16;;/h1-4,6-7,9-10,15,20H,5,8,11-12H2,(H,21,23)(H,19,22,24);2*1H. The molecule has 8 heteroatoms. The summed E-state index contributed by atoms with van der Waals surface area (Å²) < 4.78 is 0. The molecule has 1 aliphatic heterocycles. The second-order valence-corrected chi connectivity index (χ2v) is 5.79. The molecule has 0 spiro atoms. The van der Waals surface area contributed by atoms with Crippen LogP contribution in [0.3, 0.4) is 0 Å². The summed E-state index contributed by atoms with van der Waals surface area (Å²) >= 11 is 0. The molecule has 140 valence electrons. The Balaban J connectivity index is 0.00000169. The minimum Gasteiger partial charge on any atom is -0.352 e. The minimum absolute atomic E-state index is 0. The molecule has 1 saturated heterocycles. The van der Waals surface area contributed by atoms with E-state index in [1.165, 1.54) is 0 Å². The summed E-state index contributed by atoms with van der Waals surface area (Å²) in [5.41, 5.74) is 2.24. The maximum absolute atomic E-state index is 12.2. The fourth-order valence-corrected chi connectivity index (χ4v) is 2.62. The van der Waals surface area contributed by atoms with E-state index in [2.05, 4.69) is 20.9 Å². The van der Waals surface area contributed by atoms with Crippen molar-refractivity contribution in [2.24, 2.45) is 5.92 Å². The third kappa shape index (κ3) is 5.98. The van der Waals surface area contributed by atoms with Gasteiger partial charge in [-0.1, -0.05) is 12.1 Å². The monoisotopic (exact) mass is 396 g/mol. The van der Waals surface area contributed by atoms with Gasteiger partial charge in [-0.25, -0.2) is 0 Å². The first-order chi connectivity index (χ1) is 11.7.